The van der Waals surface area contributed by atoms with E-state index in [0.29, 0.717) is 5.92 Å². The SMILES string of the molecule is Cn1c(Br)c(C2CCCC2)c2ccc(Cl)cc21. The summed E-state index contributed by atoms with van der Waals surface area (Å²) in [5, 5.41) is 2.17. The zero-order valence-electron chi connectivity index (χ0n) is 9.84. The molecule has 0 unspecified atom stereocenters. The van der Waals surface area contributed by atoms with E-state index in [1.807, 2.05) is 6.07 Å². The van der Waals surface area contributed by atoms with E-state index in [0.717, 1.165) is 5.02 Å². The molecule has 1 fully saturated rings. The topological polar surface area (TPSA) is 4.93 Å². The molecule has 90 valence electrons. The Morgan fingerprint density at radius 3 is 2.71 bits per heavy atom. The van der Waals surface area contributed by atoms with Crippen molar-refractivity contribution in [2.45, 2.75) is 31.6 Å². The molecule has 0 atom stereocenters. The summed E-state index contributed by atoms with van der Waals surface area (Å²) in [5.41, 5.74) is 2.71. The van der Waals surface area contributed by atoms with E-state index in [9.17, 15) is 0 Å². The van der Waals surface area contributed by atoms with E-state index in [2.05, 4.69) is 39.7 Å². The molecule has 1 aliphatic rings. The summed E-state index contributed by atoms with van der Waals surface area (Å²) >= 11 is 9.83. The van der Waals surface area contributed by atoms with E-state index >= 15 is 0 Å². The van der Waals surface area contributed by atoms with Gasteiger partial charge in [0, 0.05) is 17.5 Å². The van der Waals surface area contributed by atoms with Crippen LogP contribution in [0, 0.1) is 0 Å². The molecule has 0 bridgehead atoms. The minimum Gasteiger partial charge on any atom is -0.338 e. The molecule has 17 heavy (non-hydrogen) atoms. The number of halogens is 2. The first-order chi connectivity index (χ1) is 8.18. The molecule has 3 heteroatoms. The number of benzene rings is 1. The Morgan fingerprint density at radius 1 is 1.29 bits per heavy atom. The maximum Gasteiger partial charge on any atom is 0.0890 e. The van der Waals surface area contributed by atoms with E-state index in [1.54, 1.807) is 0 Å². The Labute approximate surface area is 115 Å². The predicted molar refractivity (Wildman–Crippen MR) is 76.8 cm³/mol. The molecule has 1 aliphatic carbocycles. The lowest BCUT2D eigenvalue weighted by Crippen LogP contribution is -1.93. The third-order valence-corrected chi connectivity index (χ3v) is 5.09. The van der Waals surface area contributed by atoms with Crippen molar-refractivity contribution in [2.75, 3.05) is 0 Å². The third kappa shape index (κ3) is 1.82. The van der Waals surface area contributed by atoms with Gasteiger partial charge < -0.3 is 4.57 Å². The van der Waals surface area contributed by atoms with Crippen molar-refractivity contribution in [1.82, 2.24) is 4.57 Å². The third-order valence-electron chi connectivity index (χ3n) is 3.89. The van der Waals surface area contributed by atoms with E-state index in [1.165, 1.54) is 46.8 Å². The van der Waals surface area contributed by atoms with Gasteiger partial charge in [-0.15, -0.1) is 0 Å². The summed E-state index contributed by atoms with van der Waals surface area (Å²) < 4.78 is 3.43. The number of aromatic nitrogens is 1. The Hall–Kier alpha value is -0.470. The second-order valence-corrected chi connectivity index (χ2v) is 6.09. The first-order valence-electron chi connectivity index (χ1n) is 6.12. The zero-order valence-corrected chi connectivity index (χ0v) is 12.2. The van der Waals surface area contributed by atoms with E-state index in [4.69, 9.17) is 11.6 Å². The number of nitrogens with zero attached hydrogens (tertiary/aromatic N) is 1. The Kier molecular flexibility index (Phi) is 2.95. The van der Waals surface area contributed by atoms with Crippen molar-refractivity contribution in [3.63, 3.8) is 0 Å². The molecule has 2 aromatic rings. The van der Waals surface area contributed by atoms with Crippen LogP contribution in [0.25, 0.3) is 10.9 Å². The number of hydrogen-bond donors (Lipinski definition) is 0. The highest BCUT2D eigenvalue weighted by Gasteiger charge is 2.24. The lowest BCUT2D eigenvalue weighted by atomic mass is 9.97. The minimum absolute atomic E-state index is 0.717. The molecule has 3 rings (SSSR count). The summed E-state index contributed by atoms with van der Waals surface area (Å²) in [5.74, 6) is 0.717. The molecule has 0 N–H and O–H groups in total. The van der Waals surface area contributed by atoms with Crippen molar-refractivity contribution in [1.29, 1.82) is 0 Å². The fourth-order valence-electron chi connectivity index (χ4n) is 3.01. The molecule has 1 aromatic carbocycles. The van der Waals surface area contributed by atoms with Crippen molar-refractivity contribution < 1.29 is 0 Å². The zero-order chi connectivity index (χ0) is 12.0. The monoisotopic (exact) mass is 311 g/mol. The molecule has 1 aromatic heterocycles. The Balaban J connectivity index is 2.26. The van der Waals surface area contributed by atoms with Gasteiger partial charge in [0.05, 0.1) is 10.1 Å². The quantitative estimate of drug-likeness (QED) is 0.677. The molecular formula is C14H15BrClN. The Morgan fingerprint density at radius 2 is 2.00 bits per heavy atom. The van der Waals surface area contributed by atoms with Crippen molar-refractivity contribution >= 4 is 38.4 Å². The standard InChI is InChI=1S/C14H15BrClN/c1-17-12-8-10(16)6-7-11(12)13(14(17)15)9-4-2-3-5-9/h6-9H,2-5H2,1H3. The van der Waals surface area contributed by atoms with Crippen LogP contribution in [-0.4, -0.2) is 4.57 Å². The van der Waals surface area contributed by atoms with Gasteiger partial charge in [-0.25, -0.2) is 0 Å². The first kappa shape index (κ1) is 11.6. The summed E-state index contributed by atoms with van der Waals surface area (Å²) in [7, 11) is 2.10. The first-order valence-corrected chi connectivity index (χ1v) is 7.29. The van der Waals surface area contributed by atoms with Crippen LogP contribution in [-0.2, 0) is 7.05 Å². The minimum atomic E-state index is 0.717. The molecule has 1 saturated carbocycles. The van der Waals surface area contributed by atoms with Gasteiger partial charge in [0.1, 0.15) is 0 Å². The second-order valence-electron chi connectivity index (χ2n) is 4.91. The maximum atomic E-state index is 6.08. The predicted octanol–water partition coefficient (Wildman–Crippen LogP) is 5.25. The van der Waals surface area contributed by atoms with Crippen LogP contribution in [0.15, 0.2) is 22.8 Å². The van der Waals surface area contributed by atoms with Gasteiger partial charge in [-0.1, -0.05) is 30.5 Å². The maximum absolute atomic E-state index is 6.08. The number of hydrogen-bond acceptors (Lipinski definition) is 0. The fraction of sp³-hybridized carbons (Fsp3) is 0.429. The largest absolute Gasteiger partial charge is 0.338 e. The van der Waals surface area contributed by atoms with Crippen LogP contribution in [0.1, 0.15) is 37.2 Å². The number of rotatable bonds is 1. The molecular weight excluding hydrogens is 298 g/mol. The van der Waals surface area contributed by atoms with Crippen molar-refractivity contribution in [3.8, 4) is 0 Å². The normalized spacial score (nSPS) is 17.1. The smallest absolute Gasteiger partial charge is 0.0890 e. The molecule has 0 spiro atoms. The lowest BCUT2D eigenvalue weighted by Gasteiger charge is -2.09. The highest BCUT2D eigenvalue weighted by molar-refractivity contribution is 9.10. The van der Waals surface area contributed by atoms with Gasteiger partial charge in [-0.2, -0.15) is 0 Å². The molecule has 1 heterocycles. The van der Waals surface area contributed by atoms with Crippen LogP contribution < -0.4 is 0 Å². The average Bonchev–Trinajstić information content (AvgIpc) is 2.90. The summed E-state index contributed by atoms with van der Waals surface area (Å²) in [6.07, 6.45) is 5.36. The fourth-order valence-corrected chi connectivity index (χ4v) is 3.91. The van der Waals surface area contributed by atoms with Crippen LogP contribution in [0.3, 0.4) is 0 Å². The number of fused-ring (bicyclic) bond motifs is 1. The van der Waals surface area contributed by atoms with Crippen LogP contribution in [0.2, 0.25) is 5.02 Å². The highest BCUT2D eigenvalue weighted by Crippen LogP contribution is 2.43. The van der Waals surface area contributed by atoms with Crippen molar-refractivity contribution in [2.24, 2.45) is 7.05 Å². The second kappa shape index (κ2) is 4.33. The van der Waals surface area contributed by atoms with Gasteiger partial charge in [0.15, 0.2) is 0 Å². The highest BCUT2D eigenvalue weighted by atomic mass is 79.9. The van der Waals surface area contributed by atoms with Crippen molar-refractivity contribution in [3.05, 3.63) is 33.4 Å². The van der Waals surface area contributed by atoms with Gasteiger partial charge in [-0.05, 0) is 52.4 Å². The summed E-state index contributed by atoms with van der Waals surface area (Å²) in [4.78, 5) is 0. The van der Waals surface area contributed by atoms with Gasteiger partial charge >= 0.3 is 0 Å². The molecule has 0 radical (unpaired) electrons. The molecule has 0 amide bonds. The van der Waals surface area contributed by atoms with Crippen LogP contribution in [0.5, 0.6) is 0 Å². The molecule has 0 saturated heterocycles. The van der Waals surface area contributed by atoms with Gasteiger partial charge in [-0.3, -0.25) is 0 Å². The summed E-state index contributed by atoms with van der Waals surface area (Å²) in [6.45, 7) is 0. The lowest BCUT2D eigenvalue weighted by molar-refractivity contribution is 0.718. The summed E-state index contributed by atoms with van der Waals surface area (Å²) in [6, 6.07) is 6.21. The van der Waals surface area contributed by atoms with Gasteiger partial charge in [0.25, 0.3) is 0 Å². The Bertz CT molecular complexity index is 567. The van der Waals surface area contributed by atoms with E-state index in [-0.39, 0.29) is 0 Å². The van der Waals surface area contributed by atoms with E-state index < -0.39 is 0 Å². The van der Waals surface area contributed by atoms with Crippen LogP contribution >= 0.6 is 27.5 Å². The molecule has 1 nitrogen and oxygen atoms in total. The van der Waals surface area contributed by atoms with Gasteiger partial charge in [0.2, 0.25) is 0 Å². The van der Waals surface area contributed by atoms with Crippen LogP contribution in [0.4, 0.5) is 0 Å². The average molecular weight is 313 g/mol. The molecule has 0 aliphatic heterocycles. The number of aryl methyl sites for hydroxylation is 1.